The van der Waals surface area contributed by atoms with E-state index in [0.29, 0.717) is 0 Å². The zero-order valence-corrected chi connectivity index (χ0v) is 25.5. The largest absolute Gasteiger partial charge is 0.353 e. The van der Waals surface area contributed by atoms with Crippen molar-refractivity contribution < 1.29 is 0 Å². The Morgan fingerprint density at radius 2 is 0.708 bits per heavy atom. The molecular formula is C40H26N8. The Morgan fingerprint density at radius 1 is 0.354 bits per heavy atom. The molecule has 8 bridgehead atoms. The summed E-state index contributed by atoms with van der Waals surface area (Å²) in [5, 5.41) is 0. The van der Waals surface area contributed by atoms with E-state index in [0.717, 1.165) is 89.4 Å². The summed E-state index contributed by atoms with van der Waals surface area (Å²) in [6, 6.07) is 28.8. The van der Waals surface area contributed by atoms with Gasteiger partial charge in [0.25, 0.3) is 0 Å². The van der Waals surface area contributed by atoms with Crippen LogP contribution in [0.25, 0.3) is 67.6 Å². The van der Waals surface area contributed by atoms with Gasteiger partial charge in [0.2, 0.25) is 0 Å². The molecule has 0 aromatic carbocycles. The number of rotatable bonds is 4. The third-order valence-electron chi connectivity index (χ3n) is 8.63. The number of nitrogens with one attached hydrogen (secondary N) is 2. The van der Waals surface area contributed by atoms with Crippen LogP contribution in [0.1, 0.15) is 33.9 Å². The zero-order chi connectivity index (χ0) is 31.9. The van der Waals surface area contributed by atoms with Gasteiger partial charge in [-0.15, -0.1) is 0 Å². The minimum atomic E-state index is 0.841. The second kappa shape index (κ2) is 11.5. The smallest absolute Gasteiger partial charge is 0.0879 e. The van der Waals surface area contributed by atoms with Crippen LogP contribution in [-0.4, -0.2) is 39.9 Å². The van der Waals surface area contributed by atoms with Crippen molar-refractivity contribution in [1.82, 2.24) is 39.9 Å². The van der Waals surface area contributed by atoms with E-state index >= 15 is 0 Å². The molecule has 0 fully saturated rings. The molecule has 9 rings (SSSR count). The molecule has 0 amide bonds. The minimum absolute atomic E-state index is 0.841. The van der Waals surface area contributed by atoms with E-state index < -0.39 is 0 Å². The monoisotopic (exact) mass is 618 g/mol. The molecule has 7 aromatic rings. The van der Waals surface area contributed by atoms with Gasteiger partial charge in [-0.2, -0.15) is 0 Å². The Bertz CT molecular complexity index is 2350. The first-order valence-corrected chi connectivity index (χ1v) is 15.6. The standard InChI is InChI=1S/C40H26N8/c1-2-34-30(26-7-15-42-16-8-26)22-39(46-34)40-24-32(28-11-19-44-20-12-28)36(48-40)4-3-35-31(27-9-17-43-18-10-27)23-38(47-35)37-21-29(33(1)45-37)25-5-13-41-14-6-25/h1-24,45-46H. The molecule has 2 aliphatic rings. The molecule has 0 aliphatic carbocycles. The second-order valence-corrected chi connectivity index (χ2v) is 11.5. The van der Waals surface area contributed by atoms with Crippen LogP contribution in [0, 0.1) is 0 Å². The molecule has 226 valence electrons. The lowest BCUT2D eigenvalue weighted by Crippen LogP contribution is -1.87. The number of hydrogen-bond donors (Lipinski definition) is 2. The van der Waals surface area contributed by atoms with Crippen LogP contribution in [0.3, 0.4) is 0 Å². The minimum Gasteiger partial charge on any atom is -0.353 e. The van der Waals surface area contributed by atoms with E-state index in [4.69, 9.17) is 9.97 Å². The van der Waals surface area contributed by atoms with Crippen LogP contribution < -0.4 is 0 Å². The predicted molar refractivity (Wildman–Crippen MR) is 190 cm³/mol. The molecule has 8 heteroatoms. The molecule has 2 N–H and O–H groups in total. The van der Waals surface area contributed by atoms with Crippen molar-refractivity contribution in [1.29, 1.82) is 0 Å². The predicted octanol–water partition coefficient (Wildman–Crippen LogP) is 8.41. The van der Waals surface area contributed by atoms with Crippen LogP contribution in [0.4, 0.5) is 0 Å². The van der Waals surface area contributed by atoms with Gasteiger partial charge < -0.3 is 9.97 Å². The first-order valence-electron chi connectivity index (χ1n) is 15.6. The van der Waals surface area contributed by atoms with Gasteiger partial charge in [-0.25, -0.2) is 9.97 Å². The molecule has 9 heterocycles. The van der Waals surface area contributed by atoms with Crippen molar-refractivity contribution in [2.75, 3.05) is 0 Å². The Hall–Kier alpha value is -6.80. The highest BCUT2D eigenvalue weighted by Crippen LogP contribution is 2.35. The number of aromatic amines is 2. The van der Waals surface area contributed by atoms with Crippen LogP contribution in [0.2, 0.25) is 0 Å². The summed E-state index contributed by atoms with van der Waals surface area (Å²) < 4.78 is 0. The summed E-state index contributed by atoms with van der Waals surface area (Å²) in [7, 11) is 0. The van der Waals surface area contributed by atoms with E-state index in [1.807, 2.05) is 73.3 Å². The van der Waals surface area contributed by atoms with Crippen LogP contribution in [0.5, 0.6) is 0 Å². The molecule has 0 atom stereocenters. The third kappa shape index (κ3) is 4.98. The van der Waals surface area contributed by atoms with Gasteiger partial charge in [0.1, 0.15) is 0 Å². The van der Waals surface area contributed by atoms with E-state index in [9.17, 15) is 0 Å². The second-order valence-electron chi connectivity index (χ2n) is 11.5. The fraction of sp³-hybridized carbons (Fsp3) is 0. The van der Waals surface area contributed by atoms with E-state index in [1.54, 1.807) is 24.8 Å². The maximum absolute atomic E-state index is 5.17. The van der Waals surface area contributed by atoms with Crippen LogP contribution in [0.15, 0.2) is 135 Å². The molecule has 0 saturated heterocycles. The van der Waals surface area contributed by atoms with Gasteiger partial charge in [0.05, 0.1) is 33.8 Å². The number of H-pyrrole nitrogens is 2. The Balaban J connectivity index is 1.38. The maximum atomic E-state index is 5.17. The summed E-state index contributed by atoms with van der Waals surface area (Å²) in [4.78, 5) is 34.7. The third-order valence-corrected chi connectivity index (χ3v) is 8.63. The summed E-state index contributed by atoms with van der Waals surface area (Å²) in [5.74, 6) is 0. The summed E-state index contributed by atoms with van der Waals surface area (Å²) in [6.45, 7) is 0. The van der Waals surface area contributed by atoms with Gasteiger partial charge in [0, 0.05) is 82.9 Å². The van der Waals surface area contributed by atoms with Gasteiger partial charge in [0.15, 0.2) is 0 Å². The van der Waals surface area contributed by atoms with Crippen molar-refractivity contribution in [3.8, 4) is 22.3 Å². The SMILES string of the molecule is C1=C(c2ccncc2)c2ccc3nc(c4cc(-c5ccncc5)c(ccc5[nH]c(cc5-c5ccncc5)c1n2)[nH]4)C=C3c1ccncc1. The topological polar surface area (TPSA) is 109 Å². The molecule has 0 saturated carbocycles. The molecule has 7 aromatic heterocycles. The molecule has 48 heavy (non-hydrogen) atoms. The van der Waals surface area contributed by atoms with Crippen LogP contribution >= 0.6 is 0 Å². The quantitative estimate of drug-likeness (QED) is 0.205. The normalized spacial score (nSPS) is 12.4. The van der Waals surface area contributed by atoms with E-state index in [-0.39, 0.29) is 0 Å². The van der Waals surface area contributed by atoms with Crippen molar-refractivity contribution in [3.05, 3.63) is 168 Å². The first-order chi connectivity index (χ1) is 23.8. The molecule has 8 nitrogen and oxygen atoms in total. The van der Waals surface area contributed by atoms with Gasteiger partial charge in [-0.1, -0.05) is 0 Å². The lowest BCUT2D eigenvalue weighted by Gasteiger charge is -2.02. The Kier molecular flexibility index (Phi) is 6.61. The molecule has 2 aliphatic heterocycles. The maximum Gasteiger partial charge on any atom is 0.0879 e. The molecule has 0 unspecified atom stereocenters. The fourth-order valence-corrected chi connectivity index (χ4v) is 6.27. The highest BCUT2D eigenvalue weighted by molar-refractivity contribution is 5.99. The summed E-state index contributed by atoms with van der Waals surface area (Å²) in [6.07, 6.45) is 18.8. The zero-order valence-electron chi connectivity index (χ0n) is 25.5. The Morgan fingerprint density at radius 3 is 1.08 bits per heavy atom. The number of hydrogen-bond acceptors (Lipinski definition) is 6. The van der Waals surface area contributed by atoms with Gasteiger partial charge in [-0.3, -0.25) is 19.9 Å². The first kappa shape index (κ1) is 27.5. The average Bonchev–Trinajstić information content (AvgIpc) is 3.95. The highest BCUT2D eigenvalue weighted by atomic mass is 14.8. The molecule has 0 radical (unpaired) electrons. The number of fused-ring (bicyclic) bond motifs is 10. The van der Waals surface area contributed by atoms with Crippen molar-refractivity contribution in [2.45, 2.75) is 0 Å². The van der Waals surface area contributed by atoms with Crippen LogP contribution in [-0.2, 0) is 0 Å². The van der Waals surface area contributed by atoms with E-state index in [2.05, 4.69) is 78.5 Å². The van der Waals surface area contributed by atoms with Gasteiger partial charge in [-0.05, 0) is 119 Å². The number of nitrogens with zero attached hydrogens (tertiary/aromatic N) is 6. The summed E-state index contributed by atoms with van der Waals surface area (Å²) in [5.41, 5.74) is 15.4. The van der Waals surface area contributed by atoms with Gasteiger partial charge >= 0.3 is 0 Å². The number of pyridine rings is 4. The van der Waals surface area contributed by atoms with Crippen molar-refractivity contribution in [2.24, 2.45) is 0 Å². The van der Waals surface area contributed by atoms with Crippen molar-refractivity contribution >= 4 is 45.4 Å². The molecule has 0 spiro atoms. The highest BCUT2D eigenvalue weighted by Gasteiger charge is 2.18. The summed E-state index contributed by atoms with van der Waals surface area (Å²) >= 11 is 0. The lowest BCUT2D eigenvalue weighted by molar-refractivity contribution is 1.27. The lowest BCUT2D eigenvalue weighted by atomic mass is 10.0. The molecular weight excluding hydrogens is 592 g/mol. The van der Waals surface area contributed by atoms with Crippen molar-refractivity contribution in [3.63, 3.8) is 0 Å². The fourth-order valence-electron chi connectivity index (χ4n) is 6.27. The van der Waals surface area contributed by atoms with E-state index in [1.165, 1.54) is 0 Å². The Labute approximate surface area is 275 Å². The number of aromatic nitrogens is 8. The average molecular weight is 619 g/mol.